The molecule has 1 fully saturated rings. The average Bonchev–Trinajstić information content (AvgIpc) is 3.28. The first-order valence-corrected chi connectivity index (χ1v) is 11.3. The fourth-order valence-electron chi connectivity index (χ4n) is 4.30. The molecule has 0 bridgehead atoms. The van der Waals surface area contributed by atoms with Gasteiger partial charge in [0.2, 0.25) is 11.8 Å². The van der Waals surface area contributed by atoms with Crippen molar-refractivity contribution < 1.29 is 23.0 Å². The Balaban J connectivity index is 1.60. The van der Waals surface area contributed by atoms with E-state index in [1.807, 2.05) is 10.8 Å². The summed E-state index contributed by atoms with van der Waals surface area (Å²) in [6.07, 6.45) is 1.57. The normalized spacial score (nSPS) is 17.3. The van der Waals surface area contributed by atoms with Crippen molar-refractivity contribution in [2.45, 2.75) is 44.9 Å². The Labute approximate surface area is 204 Å². The van der Waals surface area contributed by atoms with Crippen molar-refractivity contribution in [3.05, 3.63) is 71.8 Å². The number of anilines is 1. The molecule has 36 heavy (non-hydrogen) atoms. The Kier molecular flexibility index (Phi) is 6.31. The minimum atomic E-state index is -2.79. The minimum Gasteiger partial charge on any atom is -0.469 e. The summed E-state index contributed by atoms with van der Waals surface area (Å²) in [5.74, 6) is 0.137. The van der Waals surface area contributed by atoms with Gasteiger partial charge < -0.3 is 20.1 Å². The molecule has 4 aromatic rings. The van der Waals surface area contributed by atoms with Crippen molar-refractivity contribution >= 4 is 5.95 Å². The zero-order valence-electron chi connectivity index (χ0n) is 19.3. The first kappa shape index (κ1) is 23.7. The number of hydrogen-bond acceptors (Lipinski definition) is 7. The molecule has 186 valence electrons. The molecule has 0 radical (unpaired) electrons. The van der Waals surface area contributed by atoms with Crippen LogP contribution in [0.15, 0.2) is 48.8 Å². The molecule has 0 amide bonds. The highest BCUT2D eigenvalue weighted by Gasteiger charge is 2.30. The highest BCUT2D eigenvalue weighted by atomic mass is 19.3. The maximum Gasteiger partial charge on any atom is 0.280 e. The number of benzene rings is 1. The highest BCUT2D eigenvalue weighted by molar-refractivity contribution is 5.85. The van der Waals surface area contributed by atoms with Crippen LogP contribution >= 0.6 is 0 Å². The van der Waals surface area contributed by atoms with Crippen LogP contribution in [0.1, 0.15) is 42.5 Å². The number of imidazole rings is 1. The number of aryl methyl sites for hydroxylation is 1. The molecule has 3 heterocycles. The van der Waals surface area contributed by atoms with E-state index in [0.29, 0.717) is 46.7 Å². The van der Waals surface area contributed by atoms with Crippen molar-refractivity contribution in [2.24, 2.45) is 0 Å². The predicted molar refractivity (Wildman–Crippen MR) is 126 cm³/mol. The Morgan fingerprint density at radius 2 is 1.86 bits per heavy atom. The Morgan fingerprint density at radius 1 is 1.11 bits per heavy atom. The number of aliphatic hydroxyl groups excluding tert-OH is 1. The molecule has 0 aliphatic heterocycles. The number of ether oxygens (including phenoxy) is 1. The van der Waals surface area contributed by atoms with Crippen molar-refractivity contribution in [1.29, 1.82) is 0 Å². The van der Waals surface area contributed by atoms with Gasteiger partial charge in [0.1, 0.15) is 23.9 Å². The van der Waals surface area contributed by atoms with Gasteiger partial charge in [-0.25, -0.2) is 23.1 Å². The van der Waals surface area contributed by atoms with Crippen LogP contribution in [0.5, 0.6) is 5.88 Å². The first-order chi connectivity index (χ1) is 17.3. The summed E-state index contributed by atoms with van der Waals surface area (Å²) < 4.78 is 48.8. The summed E-state index contributed by atoms with van der Waals surface area (Å²) in [6.45, 7) is 1.62. The highest BCUT2D eigenvalue weighted by Crippen LogP contribution is 2.39. The van der Waals surface area contributed by atoms with Crippen LogP contribution in [-0.2, 0) is 6.61 Å². The van der Waals surface area contributed by atoms with Crippen molar-refractivity contribution in [3.8, 4) is 28.3 Å². The van der Waals surface area contributed by atoms with Gasteiger partial charge in [0.05, 0.1) is 17.4 Å². The Morgan fingerprint density at radius 3 is 2.56 bits per heavy atom. The number of pyridine rings is 1. The fourth-order valence-corrected chi connectivity index (χ4v) is 4.30. The fraction of sp³-hybridized carbons (Fsp3) is 0.280. The molecular formula is C25H23F3N6O2. The molecule has 5 rings (SSSR count). The van der Waals surface area contributed by atoms with Gasteiger partial charge in [-0.1, -0.05) is 0 Å². The molecule has 8 nitrogen and oxygen atoms in total. The third-order valence-electron chi connectivity index (χ3n) is 6.06. The third kappa shape index (κ3) is 4.74. The number of rotatable bonds is 7. The lowest BCUT2D eigenvalue weighted by Gasteiger charge is -2.33. The van der Waals surface area contributed by atoms with E-state index in [9.17, 15) is 18.3 Å². The second-order valence-electron chi connectivity index (χ2n) is 8.66. The van der Waals surface area contributed by atoms with Crippen LogP contribution in [0.4, 0.5) is 19.1 Å². The molecule has 0 unspecified atom stereocenters. The summed E-state index contributed by atoms with van der Waals surface area (Å²) in [6, 6.07) is 8.55. The average molecular weight is 496 g/mol. The largest absolute Gasteiger partial charge is 0.469 e. The number of hydrogen-bond donors (Lipinski definition) is 2. The molecule has 3 aromatic heterocycles. The maximum atomic E-state index is 13.6. The standard InChI is InChI=1S/C25H23F3N6O2/c1-13-8-15(9-19(31-13)23(27)28)21-22(14-2-4-16(26)5-3-14)32-25(29)33-24(21)36-12-20-30-6-7-34(20)17-10-18(35)11-17/h2-9,17-18,23,35H,10-12H2,1H3,(H2,29,32,33). The third-order valence-corrected chi connectivity index (χ3v) is 6.06. The van der Waals surface area contributed by atoms with Crippen LogP contribution in [-0.4, -0.2) is 35.7 Å². The topological polar surface area (TPSA) is 112 Å². The monoisotopic (exact) mass is 496 g/mol. The van der Waals surface area contributed by atoms with E-state index in [2.05, 4.69) is 19.9 Å². The predicted octanol–water partition coefficient (Wildman–Crippen LogP) is 4.64. The number of halogens is 3. The number of aromatic nitrogens is 5. The van der Waals surface area contributed by atoms with Gasteiger partial charge in [0.15, 0.2) is 0 Å². The summed E-state index contributed by atoms with van der Waals surface area (Å²) in [5, 5.41) is 9.67. The maximum absolute atomic E-state index is 13.6. The minimum absolute atomic E-state index is 0.0116. The molecule has 0 spiro atoms. The molecule has 11 heteroatoms. The number of nitrogens with two attached hydrogens (primary N) is 1. The zero-order valence-corrected chi connectivity index (χ0v) is 19.3. The molecule has 0 atom stereocenters. The summed E-state index contributed by atoms with van der Waals surface area (Å²) in [7, 11) is 0. The van der Waals surface area contributed by atoms with E-state index in [1.165, 1.54) is 30.3 Å². The van der Waals surface area contributed by atoms with Crippen molar-refractivity contribution in [2.75, 3.05) is 5.73 Å². The van der Waals surface area contributed by atoms with E-state index in [4.69, 9.17) is 10.5 Å². The number of aliphatic hydroxyl groups is 1. The van der Waals surface area contributed by atoms with E-state index < -0.39 is 17.9 Å². The summed E-state index contributed by atoms with van der Waals surface area (Å²) >= 11 is 0. The molecule has 0 saturated heterocycles. The van der Waals surface area contributed by atoms with E-state index in [-0.39, 0.29) is 30.6 Å². The smallest absolute Gasteiger partial charge is 0.280 e. The van der Waals surface area contributed by atoms with E-state index in [0.717, 1.165) is 0 Å². The van der Waals surface area contributed by atoms with Crippen LogP contribution in [0.3, 0.4) is 0 Å². The van der Waals surface area contributed by atoms with Gasteiger partial charge in [0.25, 0.3) is 6.43 Å². The van der Waals surface area contributed by atoms with Gasteiger partial charge in [-0.15, -0.1) is 0 Å². The second kappa shape index (κ2) is 9.57. The van der Waals surface area contributed by atoms with Gasteiger partial charge in [-0.2, -0.15) is 4.98 Å². The zero-order chi connectivity index (χ0) is 25.4. The molecule has 3 N–H and O–H groups in total. The summed E-state index contributed by atoms with van der Waals surface area (Å²) in [4.78, 5) is 16.9. The molecular weight excluding hydrogens is 473 g/mol. The van der Waals surface area contributed by atoms with Crippen LogP contribution in [0.2, 0.25) is 0 Å². The second-order valence-corrected chi connectivity index (χ2v) is 8.66. The molecule has 1 aliphatic rings. The van der Waals surface area contributed by atoms with Crippen molar-refractivity contribution in [1.82, 2.24) is 24.5 Å². The quantitative estimate of drug-likeness (QED) is 0.383. The SMILES string of the molecule is Cc1cc(-c2c(OCc3nccn3C3CC(O)C3)nc(N)nc2-c2ccc(F)cc2)cc(C(F)F)n1. The van der Waals surface area contributed by atoms with Gasteiger partial charge in [0, 0.05) is 29.7 Å². The van der Waals surface area contributed by atoms with E-state index >= 15 is 0 Å². The van der Waals surface area contributed by atoms with Crippen LogP contribution in [0.25, 0.3) is 22.4 Å². The molecule has 1 aliphatic carbocycles. The number of nitrogen functional groups attached to an aromatic ring is 1. The van der Waals surface area contributed by atoms with Crippen LogP contribution < -0.4 is 10.5 Å². The lowest BCUT2D eigenvalue weighted by molar-refractivity contribution is 0.0460. The summed E-state index contributed by atoms with van der Waals surface area (Å²) in [5.41, 5.74) is 7.44. The lowest BCUT2D eigenvalue weighted by Crippen LogP contribution is -2.31. The number of nitrogens with zero attached hydrogens (tertiary/aromatic N) is 5. The number of alkyl halides is 2. The van der Waals surface area contributed by atoms with Crippen molar-refractivity contribution in [3.63, 3.8) is 0 Å². The van der Waals surface area contributed by atoms with Gasteiger partial charge >= 0.3 is 0 Å². The first-order valence-electron chi connectivity index (χ1n) is 11.3. The Bertz CT molecular complexity index is 1390. The lowest BCUT2D eigenvalue weighted by atomic mass is 9.89. The van der Waals surface area contributed by atoms with Gasteiger partial charge in [-0.05, 0) is 61.7 Å². The molecule has 1 aromatic carbocycles. The molecule has 1 saturated carbocycles. The van der Waals surface area contributed by atoms with Crippen LogP contribution in [0, 0.1) is 12.7 Å². The van der Waals surface area contributed by atoms with E-state index in [1.54, 1.807) is 19.2 Å². The Hall–Kier alpha value is -3.99. The van der Waals surface area contributed by atoms with Gasteiger partial charge in [-0.3, -0.25) is 4.98 Å².